The number of hydrogen-bond donors (Lipinski definition) is 1. The SMILES string of the molecule is N#Cc1cnn2c1N[C@@H](c1ccco1)C[C@@H]2C(F)(F)F. The molecule has 3 heterocycles. The first-order chi connectivity index (χ1) is 9.50. The molecule has 0 unspecified atom stereocenters. The molecule has 0 spiro atoms. The highest BCUT2D eigenvalue weighted by Crippen LogP contribution is 2.44. The summed E-state index contributed by atoms with van der Waals surface area (Å²) >= 11 is 0. The molecule has 104 valence electrons. The Morgan fingerprint density at radius 3 is 2.90 bits per heavy atom. The molecular weight excluding hydrogens is 273 g/mol. The molecule has 3 rings (SSSR count). The van der Waals surface area contributed by atoms with Crippen molar-refractivity contribution in [3.63, 3.8) is 0 Å². The monoisotopic (exact) mass is 282 g/mol. The molecule has 2 aromatic rings. The number of fused-ring (bicyclic) bond motifs is 1. The fourth-order valence-corrected chi connectivity index (χ4v) is 2.32. The number of anilines is 1. The van der Waals surface area contributed by atoms with Gasteiger partial charge in [0.15, 0.2) is 6.04 Å². The molecule has 0 aliphatic carbocycles. The standard InChI is InChI=1S/C12H9F3N4O/c13-12(14,15)10-4-8(9-2-1-3-20-9)18-11-7(5-16)6-17-19(10)11/h1-3,6,8,10,18H,4H2/t8-,10-/m1/s1. The number of halogens is 3. The number of nitrogens with one attached hydrogen (secondary N) is 1. The molecule has 0 radical (unpaired) electrons. The summed E-state index contributed by atoms with van der Waals surface area (Å²) in [5.41, 5.74) is 0.0792. The summed E-state index contributed by atoms with van der Waals surface area (Å²) in [5.74, 6) is 0.470. The zero-order chi connectivity index (χ0) is 14.3. The molecule has 0 amide bonds. The topological polar surface area (TPSA) is 66.8 Å². The largest absolute Gasteiger partial charge is 0.467 e. The van der Waals surface area contributed by atoms with Gasteiger partial charge in [-0.25, -0.2) is 4.68 Å². The van der Waals surface area contributed by atoms with Gasteiger partial charge >= 0.3 is 6.18 Å². The van der Waals surface area contributed by atoms with Crippen molar-refractivity contribution in [1.29, 1.82) is 5.26 Å². The minimum atomic E-state index is -4.44. The van der Waals surface area contributed by atoms with Crippen molar-refractivity contribution in [3.05, 3.63) is 35.9 Å². The third-order valence-electron chi connectivity index (χ3n) is 3.25. The lowest BCUT2D eigenvalue weighted by Gasteiger charge is -2.32. The highest BCUT2D eigenvalue weighted by molar-refractivity contribution is 5.54. The van der Waals surface area contributed by atoms with E-state index in [0.717, 1.165) is 10.9 Å². The normalized spacial score (nSPS) is 21.9. The average Bonchev–Trinajstić information content (AvgIpc) is 3.05. The number of nitriles is 1. The highest BCUT2D eigenvalue weighted by Gasteiger charge is 2.47. The lowest BCUT2D eigenvalue weighted by Crippen LogP contribution is -2.35. The van der Waals surface area contributed by atoms with Gasteiger partial charge in [-0.2, -0.15) is 23.5 Å². The van der Waals surface area contributed by atoms with Gasteiger partial charge in [-0.05, 0) is 12.1 Å². The summed E-state index contributed by atoms with van der Waals surface area (Å²) in [4.78, 5) is 0. The minimum absolute atomic E-state index is 0.0717. The van der Waals surface area contributed by atoms with Crippen LogP contribution in [0.1, 0.15) is 29.8 Å². The van der Waals surface area contributed by atoms with Crippen LogP contribution in [0.5, 0.6) is 0 Å². The molecule has 0 saturated heterocycles. The second kappa shape index (κ2) is 4.30. The van der Waals surface area contributed by atoms with Crippen LogP contribution < -0.4 is 5.32 Å². The third kappa shape index (κ3) is 1.91. The molecule has 2 aromatic heterocycles. The molecule has 0 fully saturated rings. The van der Waals surface area contributed by atoms with Crippen molar-refractivity contribution in [3.8, 4) is 6.07 Å². The van der Waals surface area contributed by atoms with E-state index >= 15 is 0 Å². The lowest BCUT2D eigenvalue weighted by molar-refractivity contribution is -0.174. The van der Waals surface area contributed by atoms with Crippen LogP contribution in [0, 0.1) is 11.3 Å². The first-order valence-electron chi connectivity index (χ1n) is 5.85. The Kier molecular flexibility index (Phi) is 2.71. The second-order valence-electron chi connectivity index (χ2n) is 4.47. The van der Waals surface area contributed by atoms with Crippen LogP contribution in [-0.2, 0) is 0 Å². The molecule has 0 aromatic carbocycles. The van der Waals surface area contributed by atoms with Gasteiger partial charge in [0, 0.05) is 6.42 Å². The molecule has 2 atom stereocenters. The van der Waals surface area contributed by atoms with Gasteiger partial charge in [-0.15, -0.1) is 0 Å². The van der Waals surface area contributed by atoms with E-state index in [4.69, 9.17) is 9.68 Å². The van der Waals surface area contributed by atoms with Crippen LogP contribution in [0.3, 0.4) is 0 Å². The fraction of sp³-hybridized carbons (Fsp3) is 0.333. The maximum Gasteiger partial charge on any atom is 0.410 e. The van der Waals surface area contributed by atoms with Gasteiger partial charge in [0.2, 0.25) is 0 Å². The summed E-state index contributed by atoms with van der Waals surface area (Å²) in [5, 5.41) is 15.5. The summed E-state index contributed by atoms with van der Waals surface area (Å²) < 4.78 is 45.4. The van der Waals surface area contributed by atoms with Crippen molar-refractivity contribution in [2.45, 2.75) is 24.7 Å². The lowest BCUT2D eigenvalue weighted by atomic mass is 10.0. The number of nitrogens with zero attached hydrogens (tertiary/aromatic N) is 3. The maximum absolute atomic E-state index is 13.1. The smallest absolute Gasteiger partial charge is 0.410 e. The van der Waals surface area contributed by atoms with Crippen LogP contribution in [0.15, 0.2) is 29.0 Å². The average molecular weight is 282 g/mol. The number of furan rings is 1. The van der Waals surface area contributed by atoms with E-state index in [1.54, 1.807) is 12.1 Å². The van der Waals surface area contributed by atoms with Crippen LogP contribution >= 0.6 is 0 Å². The van der Waals surface area contributed by atoms with Gasteiger partial charge in [-0.3, -0.25) is 0 Å². The molecule has 1 aliphatic heterocycles. The zero-order valence-electron chi connectivity index (χ0n) is 10.1. The van der Waals surface area contributed by atoms with Crippen molar-refractivity contribution in [2.24, 2.45) is 0 Å². The first-order valence-corrected chi connectivity index (χ1v) is 5.85. The van der Waals surface area contributed by atoms with Gasteiger partial charge in [0.25, 0.3) is 0 Å². The van der Waals surface area contributed by atoms with E-state index < -0.39 is 18.3 Å². The van der Waals surface area contributed by atoms with Crippen molar-refractivity contribution < 1.29 is 17.6 Å². The van der Waals surface area contributed by atoms with Crippen molar-refractivity contribution >= 4 is 5.82 Å². The van der Waals surface area contributed by atoms with Crippen LogP contribution in [0.4, 0.5) is 19.0 Å². The predicted molar refractivity (Wildman–Crippen MR) is 61.7 cm³/mol. The van der Waals surface area contributed by atoms with Crippen molar-refractivity contribution in [1.82, 2.24) is 9.78 Å². The van der Waals surface area contributed by atoms with Gasteiger partial charge < -0.3 is 9.73 Å². The van der Waals surface area contributed by atoms with Gasteiger partial charge in [-0.1, -0.05) is 0 Å². The molecule has 0 bridgehead atoms. The van der Waals surface area contributed by atoms with Crippen LogP contribution in [-0.4, -0.2) is 16.0 Å². The van der Waals surface area contributed by atoms with E-state index in [2.05, 4.69) is 10.4 Å². The van der Waals surface area contributed by atoms with E-state index in [-0.39, 0.29) is 17.8 Å². The van der Waals surface area contributed by atoms with Gasteiger partial charge in [0.1, 0.15) is 23.2 Å². The third-order valence-corrected chi connectivity index (χ3v) is 3.25. The summed E-state index contributed by atoms with van der Waals surface area (Å²) in [6.45, 7) is 0. The minimum Gasteiger partial charge on any atom is -0.467 e. The fourth-order valence-electron chi connectivity index (χ4n) is 2.32. The predicted octanol–water partition coefficient (Wildman–Crippen LogP) is 3.01. The molecule has 20 heavy (non-hydrogen) atoms. The van der Waals surface area contributed by atoms with Crippen LogP contribution in [0.2, 0.25) is 0 Å². The van der Waals surface area contributed by atoms with E-state index in [9.17, 15) is 13.2 Å². The number of alkyl halides is 3. The van der Waals surface area contributed by atoms with Crippen LogP contribution in [0.25, 0.3) is 0 Å². The maximum atomic E-state index is 13.1. The molecular formula is C12H9F3N4O. The molecule has 5 nitrogen and oxygen atoms in total. The molecule has 8 heteroatoms. The van der Waals surface area contributed by atoms with E-state index in [1.165, 1.54) is 6.26 Å². The Bertz CT molecular complexity index is 653. The highest BCUT2D eigenvalue weighted by atomic mass is 19.4. The summed E-state index contributed by atoms with van der Waals surface area (Å²) in [6.07, 6.45) is -2.15. The Hall–Kier alpha value is -2.43. The quantitative estimate of drug-likeness (QED) is 0.873. The number of rotatable bonds is 1. The number of hydrogen-bond acceptors (Lipinski definition) is 4. The Labute approximate surface area is 111 Å². The molecule has 0 saturated carbocycles. The summed E-state index contributed by atoms with van der Waals surface area (Å²) in [6, 6.07) is 2.61. The zero-order valence-corrected chi connectivity index (χ0v) is 10.1. The van der Waals surface area contributed by atoms with Gasteiger partial charge in [0.05, 0.1) is 18.5 Å². The first kappa shape index (κ1) is 12.6. The Morgan fingerprint density at radius 2 is 2.30 bits per heavy atom. The summed E-state index contributed by atoms with van der Waals surface area (Å²) in [7, 11) is 0. The van der Waals surface area contributed by atoms with E-state index in [0.29, 0.717) is 5.76 Å². The van der Waals surface area contributed by atoms with Crippen molar-refractivity contribution in [2.75, 3.05) is 5.32 Å². The van der Waals surface area contributed by atoms with E-state index in [1.807, 2.05) is 6.07 Å². The second-order valence-corrected chi connectivity index (χ2v) is 4.47. The number of aromatic nitrogens is 2. The Balaban J connectivity index is 2.06. The molecule has 1 aliphatic rings. The molecule has 1 N–H and O–H groups in total. The Morgan fingerprint density at radius 1 is 1.50 bits per heavy atom.